The molecule has 2 aromatic rings. The molecule has 39 heavy (non-hydrogen) atoms. The minimum absolute atomic E-state index is 0.0693. The second kappa shape index (κ2) is 13.2. The Labute approximate surface area is 230 Å². The van der Waals surface area contributed by atoms with Gasteiger partial charge in [0.2, 0.25) is 0 Å². The van der Waals surface area contributed by atoms with Gasteiger partial charge >= 0.3 is 13.9 Å². The lowest BCUT2D eigenvalue weighted by atomic mass is 10.1. The second-order valence-electron chi connectivity index (χ2n) is 8.71. The van der Waals surface area contributed by atoms with Gasteiger partial charge in [-0.05, 0) is 6.26 Å². The Morgan fingerprint density at radius 1 is 1.23 bits per heavy atom. The summed E-state index contributed by atoms with van der Waals surface area (Å²) < 4.78 is 69.4. The molecule has 0 aromatic carbocycles. The number of imidazole rings is 1. The lowest BCUT2D eigenvalue weighted by molar-refractivity contribution is -0.129. The molecule has 2 aliphatic rings. The first-order chi connectivity index (χ1) is 18.5. The maximum atomic E-state index is 12.7. The number of nitrogens with zero attached hydrogens (tertiary/aromatic N) is 5. The van der Waals surface area contributed by atoms with E-state index in [9.17, 15) is 32.8 Å². The number of anilines is 1. The van der Waals surface area contributed by atoms with E-state index in [0.717, 1.165) is 17.5 Å². The average Bonchev–Trinajstić information content (AvgIpc) is 3.43. The van der Waals surface area contributed by atoms with E-state index in [1.807, 2.05) is 6.26 Å². The van der Waals surface area contributed by atoms with E-state index in [1.165, 1.54) is 15.6 Å². The maximum absolute atomic E-state index is 12.7. The van der Waals surface area contributed by atoms with E-state index in [-0.39, 0.29) is 42.9 Å². The first-order valence-corrected chi connectivity index (χ1v) is 15.9. The molecule has 4 heterocycles. The van der Waals surface area contributed by atoms with E-state index in [1.54, 1.807) is 11.8 Å². The van der Waals surface area contributed by atoms with E-state index in [2.05, 4.69) is 20.3 Å². The number of morpholine rings is 1. The van der Waals surface area contributed by atoms with Crippen molar-refractivity contribution in [2.45, 2.75) is 42.3 Å². The molecule has 2 saturated heterocycles. The van der Waals surface area contributed by atoms with Crippen molar-refractivity contribution in [3.05, 3.63) is 6.33 Å². The quantitative estimate of drug-likeness (QED) is 0.118. The summed E-state index contributed by atoms with van der Waals surface area (Å²) in [5.41, 5.74) is 0.471. The Morgan fingerprint density at radius 2 is 1.97 bits per heavy atom. The molecule has 5 atom stereocenters. The van der Waals surface area contributed by atoms with Crippen molar-refractivity contribution >= 4 is 48.3 Å². The Kier molecular flexibility index (Phi) is 10.4. The number of aliphatic hydroxyl groups is 2. The van der Waals surface area contributed by atoms with Gasteiger partial charge in [-0.15, -0.1) is 0 Å². The fraction of sp³-hybridized carbons (Fsp3) is 0.750. The number of fused-ring (bicyclic) bond motifs is 1. The molecule has 1 unspecified atom stereocenters. The van der Waals surface area contributed by atoms with Crippen LogP contribution in [0.15, 0.2) is 11.5 Å². The van der Waals surface area contributed by atoms with Crippen LogP contribution in [0.2, 0.25) is 0 Å². The van der Waals surface area contributed by atoms with Crippen LogP contribution in [-0.4, -0.2) is 121 Å². The molecule has 220 valence electrons. The van der Waals surface area contributed by atoms with E-state index in [0.29, 0.717) is 17.9 Å². The number of thioether (sulfide) groups is 2. The van der Waals surface area contributed by atoms with Gasteiger partial charge in [0.1, 0.15) is 18.3 Å². The number of hydrogen-bond donors (Lipinski definition) is 4. The van der Waals surface area contributed by atoms with Gasteiger partial charge in [0.25, 0.3) is 0 Å². The number of aliphatic hydroxyl groups excluding tert-OH is 2. The summed E-state index contributed by atoms with van der Waals surface area (Å²) in [6.07, 6.45) is -7.44. The number of aromatic nitrogens is 4. The van der Waals surface area contributed by atoms with Crippen molar-refractivity contribution < 1.29 is 46.8 Å². The number of rotatable bonds is 12. The molecule has 0 amide bonds. The van der Waals surface area contributed by atoms with Crippen molar-refractivity contribution in [3.8, 4) is 0 Å². The van der Waals surface area contributed by atoms with Crippen LogP contribution >= 0.6 is 31.3 Å². The fourth-order valence-electron chi connectivity index (χ4n) is 3.96. The number of nitrogens with one attached hydrogen (secondary N) is 1. The monoisotopic (exact) mass is 618 g/mol. The van der Waals surface area contributed by atoms with Crippen LogP contribution in [-0.2, 0) is 18.6 Å². The third-order valence-corrected chi connectivity index (χ3v) is 9.04. The van der Waals surface area contributed by atoms with E-state index >= 15 is 0 Å². The van der Waals surface area contributed by atoms with E-state index in [4.69, 9.17) is 14.0 Å². The maximum Gasteiger partial charge on any atom is 0.405 e. The van der Waals surface area contributed by atoms with Crippen LogP contribution in [0, 0.1) is 0 Å². The molecule has 0 aliphatic carbocycles. The molecule has 2 fully saturated rings. The lowest BCUT2D eigenvalue weighted by Crippen LogP contribution is -2.36. The Hall–Kier alpha value is -1.21. The first-order valence-electron chi connectivity index (χ1n) is 12.0. The molecular formula is C20H30F3N6O7PS2. The van der Waals surface area contributed by atoms with Gasteiger partial charge < -0.3 is 29.9 Å². The normalized spacial score (nSPS) is 26.2. The molecule has 0 spiro atoms. The highest BCUT2D eigenvalue weighted by Crippen LogP contribution is 2.47. The molecule has 0 radical (unpaired) electrons. The molecule has 0 saturated carbocycles. The van der Waals surface area contributed by atoms with Crippen LogP contribution < -0.4 is 5.32 Å². The summed E-state index contributed by atoms with van der Waals surface area (Å²) >= 11 is 2.41. The minimum Gasteiger partial charge on any atom is -0.387 e. The van der Waals surface area contributed by atoms with Crippen LogP contribution in [0.4, 0.5) is 19.0 Å². The number of hydrogen-bond acceptors (Lipinski definition) is 12. The van der Waals surface area contributed by atoms with Gasteiger partial charge in [-0.3, -0.25) is 9.09 Å². The van der Waals surface area contributed by atoms with Crippen LogP contribution in [0.1, 0.15) is 12.6 Å². The zero-order valence-corrected chi connectivity index (χ0v) is 23.4. The third-order valence-electron chi connectivity index (χ3n) is 5.98. The highest BCUT2D eigenvalue weighted by Gasteiger charge is 2.46. The predicted octanol–water partition coefficient (Wildman–Crippen LogP) is 1.71. The van der Waals surface area contributed by atoms with Crippen molar-refractivity contribution in [2.75, 3.05) is 62.5 Å². The highest BCUT2D eigenvalue weighted by molar-refractivity contribution is 7.99. The molecule has 4 rings (SSSR count). The molecule has 4 N–H and O–H groups in total. The summed E-state index contributed by atoms with van der Waals surface area (Å²) in [6, 6.07) is 0. The van der Waals surface area contributed by atoms with Gasteiger partial charge in [0.15, 0.2) is 28.4 Å². The van der Waals surface area contributed by atoms with Crippen LogP contribution in [0.3, 0.4) is 0 Å². The van der Waals surface area contributed by atoms with Gasteiger partial charge in [0, 0.05) is 31.1 Å². The fourth-order valence-corrected chi connectivity index (χ4v) is 6.26. The molecule has 13 nitrogen and oxygen atoms in total. The van der Waals surface area contributed by atoms with Gasteiger partial charge in [-0.2, -0.15) is 24.9 Å². The number of alkyl halides is 3. The summed E-state index contributed by atoms with van der Waals surface area (Å²) in [5, 5.41) is 24.5. The van der Waals surface area contributed by atoms with Crippen molar-refractivity contribution in [1.82, 2.24) is 24.2 Å². The molecule has 2 aromatic heterocycles. The highest BCUT2D eigenvalue weighted by atomic mass is 32.2. The first kappa shape index (κ1) is 30.7. The zero-order chi connectivity index (χ0) is 28.2. The summed E-state index contributed by atoms with van der Waals surface area (Å²) in [5.74, 6) is 0.751. The SMILES string of the molecule is CSCCNc1nc(SCCC(F)(F)F)nc2c1ncn2[C@@H]1O[C@H](COP(=O)(O)N2CCOCC2)[C@@H](O)[C@H]1O. The summed E-state index contributed by atoms with van der Waals surface area (Å²) in [6.45, 7) is 0.975. The van der Waals surface area contributed by atoms with E-state index < -0.39 is 51.5 Å². The molecule has 0 bridgehead atoms. The number of ether oxygens (including phenoxy) is 2. The standard InChI is InChI=1S/C20H30F3N6O7PS2/c1-38-9-3-24-16-13-17(27-19(26-16)39-8-2-20(21,22)23)29(11-25-13)18-15(31)14(30)12(36-18)10-35-37(32,33)28-4-6-34-7-5-28/h11-12,14-15,18,30-31H,2-10H2,1H3,(H,32,33)(H,24,26,27)/t12-,14-,15-,18-/m1/s1. The Bertz CT molecular complexity index is 1160. The van der Waals surface area contributed by atoms with Crippen molar-refractivity contribution in [1.29, 1.82) is 0 Å². The topological polar surface area (TPSA) is 164 Å². The molecule has 2 aliphatic heterocycles. The smallest absolute Gasteiger partial charge is 0.387 e. The summed E-state index contributed by atoms with van der Waals surface area (Å²) in [4.78, 5) is 23.3. The van der Waals surface area contributed by atoms with Crippen LogP contribution in [0.25, 0.3) is 11.2 Å². The zero-order valence-electron chi connectivity index (χ0n) is 20.9. The Morgan fingerprint density at radius 3 is 2.67 bits per heavy atom. The molecule has 19 heteroatoms. The summed E-state index contributed by atoms with van der Waals surface area (Å²) in [7, 11) is -4.19. The minimum atomic E-state index is -4.33. The van der Waals surface area contributed by atoms with Crippen molar-refractivity contribution in [2.24, 2.45) is 0 Å². The number of halogens is 3. The second-order valence-corrected chi connectivity index (χ2v) is 12.6. The van der Waals surface area contributed by atoms with Crippen LogP contribution in [0.5, 0.6) is 0 Å². The molecular weight excluding hydrogens is 588 g/mol. The predicted molar refractivity (Wildman–Crippen MR) is 138 cm³/mol. The average molecular weight is 619 g/mol. The van der Waals surface area contributed by atoms with Gasteiger partial charge in [0.05, 0.1) is 32.6 Å². The van der Waals surface area contributed by atoms with Gasteiger partial charge in [-0.25, -0.2) is 24.2 Å². The lowest BCUT2D eigenvalue weighted by Gasteiger charge is -2.30. The largest absolute Gasteiger partial charge is 0.405 e. The Balaban J connectivity index is 1.53. The van der Waals surface area contributed by atoms with Gasteiger partial charge in [-0.1, -0.05) is 11.8 Å². The van der Waals surface area contributed by atoms with Crippen molar-refractivity contribution in [3.63, 3.8) is 0 Å². The third kappa shape index (κ3) is 7.75.